The third kappa shape index (κ3) is 22.0. The van der Waals surface area contributed by atoms with E-state index in [1.807, 2.05) is 18.2 Å². The van der Waals surface area contributed by atoms with Gasteiger partial charge in [0.1, 0.15) is 39.2 Å². The van der Waals surface area contributed by atoms with Crippen LogP contribution < -0.4 is 40.0 Å². The molecule has 8 aromatic carbocycles. The molecule has 2 N–H and O–H groups in total. The van der Waals surface area contributed by atoms with Gasteiger partial charge in [-0.1, -0.05) is 18.2 Å². The Morgan fingerprint density at radius 1 is 0.190 bits per heavy atom. The molecule has 0 aliphatic carbocycles. The maximum absolute atomic E-state index is 14.6. The molecule has 0 bridgehead atoms. The van der Waals surface area contributed by atoms with Crippen LogP contribution in [0.5, 0.6) is 0 Å². The number of carbonyl (C=O) groups excluding carboxylic acids is 7. The number of hydrogen-bond donors (Lipinski definition) is 1. The van der Waals surface area contributed by atoms with Crippen LogP contribution in [-0.4, -0.2) is 81.9 Å². The van der Waals surface area contributed by atoms with E-state index in [-0.39, 0.29) is 0 Å². The number of nitrogen functional groups attached to an aromatic ring is 1. The van der Waals surface area contributed by atoms with E-state index in [2.05, 4.69) is 0 Å². The van der Waals surface area contributed by atoms with E-state index in [1.54, 1.807) is 327 Å². The number of benzene rings is 8. The summed E-state index contributed by atoms with van der Waals surface area (Å²) in [6, 6.07) is 55.9. The Labute approximate surface area is 616 Å². The summed E-state index contributed by atoms with van der Waals surface area (Å²) in [5.41, 5.74) is 5.86. The highest BCUT2D eigenvalue weighted by atomic mass is 16.6. The third-order valence-corrected chi connectivity index (χ3v) is 14.4. The van der Waals surface area contributed by atoms with Crippen LogP contribution in [-0.2, 0) is 33.2 Å². The predicted octanol–water partition coefficient (Wildman–Crippen LogP) is 22.8. The minimum Gasteiger partial charge on any atom is -0.443 e. The van der Waals surface area contributed by atoms with Crippen molar-refractivity contribution in [2.45, 2.75) is 185 Å². The molecule has 0 radical (unpaired) electrons. The fourth-order valence-electron chi connectivity index (χ4n) is 10.4. The Morgan fingerprint density at radius 3 is 0.410 bits per heavy atom. The van der Waals surface area contributed by atoms with Gasteiger partial charge in [-0.2, -0.15) is 0 Å². The van der Waals surface area contributed by atoms with Gasteiger partial charge in [0.15, 0.2) is 0 Å². The van der Waals surface area contributed by atoms with Crippen molar-refractivity contribution in [1.29, 1.82) is 0 Å². The lowest BCUT2D eigenvalue weighted by Crippen LogP contribution is -2.35. The maximum Gasteiger partial charge on any atom is 0.419 e. The summed E-state index contributed by atoms with van der Waals surface area (Å²) in [4.78, 5) is 110. The van der Waals surface area contributed by atoms with Gasteiger partial charge in [-0.05, 0) is 327 Å². The van der Waals surface area contributed by atoms with Crippen LogP contribution in [0.2, 0.25) is 0 Å². The molecule has 0 fully saturated rings. The van der Waals surface area contributed by atoms with Crippen molar-refractivity contribution in [3.63, 3.8) is 0 Å². The van der Waals surface area contributed by atoms with Gasteiger partial charge in [0.25, 0.3) is 0 Å². The molecule has 0 aliphatic rings. The van der Waals surface area contributed by atoms with E-state index in [4.69, 9.17) is 38.9 Å². The number of para-hydroxylation sites is 1. The predicted molar refractivity (Wildman–Crippen MR) is 415 cm³/mol. The van der Waals surface area contributed by atoms with Crippen molar-refractivity contribution < 1.29 is 66.7 Å². The van der Waals surface area contributed by atoms with Crippen molar-refractivity contribution in [3.05, 3.63) is 200 Å². The summed E-state index contributed by atoms with van der Waals surface area (Å²) in [6.45, 7) is 36.9. The quantitative estimate of drug-likeness (QED) is 0.0788. The summed E-state index contributed by atoms with van der Waals surface area (Å²) >= 11 is 0. The first-order valence-electron chi connectivity index (χ1n) is 34.4. The molecule has 0 atom stereocenters. The van der Waals surface area contributed by atoms with Crippen LogP contribution in [0, 0.1) is 0 Å². The molecule has 554 valence electrons. The molecule has 0 aliphatic heterocycles. The topological polar surface area (TPSA) is 233 Å². The number of amides is 7. The van der Waals surface area contributed by atoms with E-state index in [0.29, 0.717) is 85.3 Å². The summed E-state index contributed by atoms with van der Waals surface area (Å²) in [5, 5.41) is 0. The average molecular weight is 1430 g/mol. The standard InChI is InChI=1S/C83H98N8O14/c1-77(2,3)99-70(92)85(56-25-23-22-24-26-56)58-31-33-60(34-32-58)87(72(94)101-79(7,8)9)62-39-41-64(42-40-62)89(74(96)103-81(13,14)15)66-47-49-68(50-48-66)91(76(98)105-83(19,20)21)69-53-51-67(52-54-69)90(75(97)104-82(16,17)18)65-45-43-63(44-46-65)88(73(95)102-80(10,11)12)61-37-35-59(36-38-61)86(71(93)100-78(4,5)6)57-29-27-55(84)28-30-57/h22-54H,84H2,1-21H3. The highest BCUT2D eigenvalue weighted by molar-refractivity contribution is 6.04. The molecule has 0 saturated heterocycles. The SMILES string of the molecule is CC(C)(C)OC(=O)N(c1ccccc1)c1ccc(N(C(=O)OC(C)(C)C)c2ccc(N(C(=O)OC(C)(C)C)c3ccc(N(C(=O)OC(C)(C)C)c4ccc(N(C(=O)OC(C)(C)C)c5ccc(N(C(=O)OC(C)(C)C)c6ccc(N(C(=O)OC(C)(C)C)c7ccc(N)cc7)cc6)cc5)cc4)cc3)cc2)cc1. The first-order chi connectivity index (χ1) is 48.7. The number of nitrogens with two attached hydrogens (primary N) is 1. The molecule has 22 heteroatoms. The smallest absolute Gasteiger partial charge is 0.419 e. The fourth-order valence-corrected chi connectivity index (χ4v) is 10.4. The maximum atomic E-state index is 14.6. The first kappa shape index (κ1) is 79.2. The van der Waals surface area contributed by atoms with Gasteiger partial charge in [0, 0.05) is 5.69 Å². The molecule has 22 nitrogen and oxygen atoms in total. The summed E-state index contributed by atoms with van der Waals surface area (Å²) in [6.07, 6.45) is -4.84. The number of ether oxygens (including phenoxy) is 7. The van der Waals surface area contributed by atoms with Crippen LogP contribution in [0.4, 0.5) is 119 Å². The van der Waals surface area contributed by atoms with Crippen molar-refractivity contribution >= 4 is 128 Å². The molecule has 0 heterocycles. The molecule has 0 spiro atoms. The number of carbonyl (C=O) groups is 7. The van der Waals surface area contributed by atoms with E-state index in [1.165, 1.54) is 34.3 Å². The highest BCUT2D eigenvalue weighted by Crippen LogP contribution is 2.41. The van der Waals surface area contributed by atoms with Crippen LogP contribution in [0.3, 0.4) is 0 Å². The van der Waals surface area contributed by atoms with Gasteiger partial charge < -0.3 is 38.9 Å². The first-order valence-corrected chi connectivity index (χ1v) is 34.4. The second kappa shape index (κ2) is 31.2. The molecule has 8 aromatic rings. The molecule has 0 saturated carbocycles. The lowest BCUT2D eigenvalue weighted by Gasteiger charge is -2.31. The second-order valence-corrected chi connectivity index (χ2v) is 31.7. The van der Waals surface area contributed by atoms with Gasteiger partial charge in [-0.3, -0.25) is 0 Å². The Balaban J connectivity index is 1.13. The van der Waals surface area contributed by atoms with Crippen molar-refractivity contribution in [1.82, 2.24) is 0 Å². The van der Waals surface area contributed by atoms with Gasteiger partial charge in [0.2, 0.25) is 0 Å². The van der Waals surface area contributed by atoms with E-state index in [0.717, 1.165) is 0 Å². The van der Waals surface area contributed by atoms with Crippen molar-refractivity contribution in [2.24, 2.45) is 0 Å². The van der Waals surface area contributed by atoms with E-state index >= 15 is 0 Å². The Bertz CT molecular complexity index is 4350. The zero-order valence-electron chi connectivity index (χ0n) is 64.0. The van der Waals surface area contributed by atoms with E-state index in [9.17, 15) is 33.6 Å². The Hall–Kier alpha value is -11.6. The molecule has 7 amide bonds. The highest BCUT2D eigenvalue weighted by Gasteiger charge is 2.35. The number of rotatable bonds is 14. The Morgan fingerprint density at radius 2 is 0.295 bits per heavy atom. The van der Waals surface area contributed by atoms with Crippen LogP contribution in [0.25, 0.3) is 0 Å². The molecule has 8 rings (SSSR count). The summed E-state index contributed by atoms with van der Waals surface area (Å²) < 4.78 is 41.6. The van der Waals surface area contributed by atoms with Gasteiger partial charge >= 0.3 is 42.7 Å². The number of anilines is 15. The molecule has 0 aromatic heterocycles. The summed E-state index contributed by atoms with van der Waals surface area (Å²) in [7, 11) is 0. The lowest BCUT2D eigenvalue weighted by molar-refractivity contribution is 0.0586. The largest absolute Gasteiger partial charge is 0.443 e. The van der Waals surface area contributed by atoms with Crippen molar-refractivity contribution in [2.75, 3.05) is 40.0 Å². The van der Waals surface area contributed by atoms with Crippen LogP contribution in [0.1, 0.15) is 145 Å². The van der Waals surface area contributed by atoms with E-state index < -0.39 is 81.9 Å². The lowest BCUT2D eigenvalue weighted by atomic mass is 10.1. The molecule has 105 heavy (non-hydrogen) atoms. The fraction of sp³-hybridized carbons (Fsp3) is 0.337. The third-order valence-electron chi connectivity index (χ3n) is 14.4. The molecular weight excluding hydrogens is 1330 g/mol. The van der Waals surface area contributed by atoms with Gasteiger partial charge in [-0.15, -0.1) is 0 Å². The van der Waals surface area contributed by atoms with Crippen molar-refractivity contribution in [3.8, 4) is 0 Å². The molecule has 0 unspecified atom stereocenters. The number of nitrogens with zero attached hydrogens (tertiary/aromatic N) is 7. The zero-order chi connectivity index (χ0) is 77.5. The average Bonchev–Trinajstić information content (AvgIpc) is 0.794. The minimum atomic E-state index is -0.952. The summed E-state index contributed by atoms with van der Waals surface area (Å²) in [5.74, 6) is 0. The number of hydrogen-bond acceptors (Lipinski definition) is 15. The van der Waals surface area contributed by atoms with Crippen LogP contribution in [0.15, 0.2) is 200 Å². The van der Waals surface area contributed by atoms with Gasteiger partial charge in [-0.25, -0.2) is 67.9 Å². The van der Waals surface area contributed by atoms with Crippen LogP contribution >= 0.6 is 0 Å². The molecular formula is C83H98N8O14. The van der Waals surface area contributed by atoms with Gasteiger partial charge in [0.05, 0.1) is 79.6 Å². The second-order valence-electron chi connectivity index (χ2n) is 31.7. The minimum absolute atomic E-state index is 0.335. The Kier molecular flexibility index (Phi) is 23.5. The monoisotopic (exact) mass is 1430 g/mol. The zero-order valence-corrected chi connectivity index (χ0v) is 64.0. The normalized spacial score (nSPS) is 12.0.